The summed E-state index contributed by atoms with van der Waals surface area (Å²) in [5.74, 6) is 1.54. The molecule has 3 rings (SSSR count). The number of aromatic nitrogens is 1. The number of nitrogens with zero attached hydrogens (tertiary/aromatic N) is 1. The van der Waals surface area contributed by atoms with Crippen LogP contribution in [-0.2, 0) is 17.6 Å². The molecule has 6 heteroatoms. The standard InChI is InChI=1S/C26H31NO5/c1-5-6-10-19-13-14-21(17-23(19)32-26(3,4)25(28)29)30-16-15-22-18(2)31-24(27-22)20-11-8-7-9-12-20/h7-9,11-14,17H,5-6,10,15-16H2,1-4H3,(H,28,29). The largest absolute Gasteiger partial charge is 0.493 e. The second kappa shape index (κ2) is 10.4. The van der Waals surface area contributed by atoms with Gasteiger partial charge in [-0.25, -0.2) is 9.78 Å². The fourth-order valence-corrected chi connectivity index (χ4v) is 3.24. The number of carboxylic acid groups (broad SMARTS) is 1. The van der Waals surface area contributed by atoms with E-state index < -0.39 is 11.6 Å². The van der Waals surface area contributed by atoms with Crippen LogP contribution >= 0.6 is 0 Å². The molecule has 1 heterocycles. The molecular weight excluding hydrogens is 406 g/mol. The van der Waals surface area contributed by atoms with Crippen molar-refractivity contribution in [2.75, 3.05) is 6.61 Å². The Bertz CT molecular complexity index is 1040. The van der Waals surface area contributed by atoms with E-state index >= 15 is 0 Å². The van der Waals surface area contributed by atoms with Crippen molar-refractivity contribution in [3.8, 4) is 23.0 Å². The molecule has 0 atom stereocenters. The minimum atomic E-state index is -1.33. The molecule has 0 amide bonds. The summed E-state index contributed by atoms with van der Waals surface area (Å²) in [4.78, 5) is 16.1. The minimum absolute atomic E-state index is 0.414. The van der Waals surface area contributed by atoms with E-state index in [9.17, 15) is 9.90 Å². The maximum atomic E-state index is 11.5. The number of oxazole rings is 1. The van der Waals surface area contributed by atoms with Crippen molar-refractivity contribution in [3.63, 3.8) is 0 Å². The van der Waals surface area contributed by atoms with Crippen LogP contribution in [0, 0.1) is 6.92 Å². The first-order chi connectivity index (χ1) is 15.3. The van der Waals surface area contributed by atoms with Crippen molar-refractivity contribution in [2.24, 2.45) is 0 Å². The minimum Gasteiger partial charge on any atom is -0.493 e. The van der Waals surface area contributed by atoms with E-state index in [0.717, 1.165) is 41.8 Å². The maximum absolute atomic E-state index is 11.5. The summed E-state index contributed by atoms with van der Waals surface area (Å²) in [6.07, 6.45) is 3.46. The summed E-state index contributed by atoms with van der Waals surface area (Å²) in [5.41, 5.74) is 1.44. The molecule has 0 radical (unpaired) electrons. The molecule has 0 aliphatic rings. The highest BCUT2D eigenvalue weighted by atomic mass is 16.5. The highest BCUT2D eigenvalue weighted by Gasteiger charge is 2.30. The molecule has 0 saturated heterocycles. The third-order valence-corrected chi connectivity index (χ3v) is 5.24. The number of rotatable bonds is 11. The van der Waals surface area contributed by atoms with Gasteiger partial charge < -0.3 is 19.0 Å². The van der Waals surface area contributed by atoms with E-state index in [1.807, 2.05) is 49.4 Å². The third kappa shape index (κ3) is 5.90. The van der Waals surface area contributed by atoms with Gasteiger partial charge >= 0.3 is 5.97 Å². The molecule has 1 aromatic heterocycles. The van der Waals surface area contributed by atoms with Gasteiger partial charge in [-0.2, -0.15) is 0 Å². The average Bonchev–Trinajstić information content (AvgIpc) is 3.14. The van der Waals surface area contributed by atoms with Crippen molar-refractivity contribution < 1.29 is 23.8 Å². The number of carbonyl (C=O) groups is 1. The van der Waals surface area contributed by atoms with Crippen LogP contribution in [-0.4, -0.2) is 28.3 Å². The lowest BCUT2D eigenvalue weighted by Crippen LogP contribution is -2.38. The highest BCUT2D eigenvalue weighted by Crippen LogP contribution is 2.30. The normalized spacial score (nSPS) is 11.4. The molecule has 0 fully saturated rings. The number of unbranched alkanes of at least 4 members (excludes halogenated alkanes) is 1. The molecule has 0 bridgehead atoms. The van der Waals surface area contributed by atoms with Crippen LogP contribution in [0.5, 0.6) is 11.5 Å². The molecule has 1 N–H and O–H groups in total. The van der Waals surface area contributed by atoms with E-state index in [4.69, 9.17) is 13.9 Å². The van der Waals surface area contributed by atoms with E-state index in [1.165, 1.54) is 0 Å². The second-order valence-corrected chi connectivity index (χ2v) is 8.28. The zero-order chi connectivity index (χ0) is 23.1. The first-order valence-electron chi connectivity index (χ1n) is 11.0. The van der Waals surface area contributed by atoms with Crippen LogP contribution < -0.4 is 9.47 Å². The molecule has 3 aromatic rings. The zero-order valence-electron chi connectivity index (χ0n) is 19.2. The zero-order valence-corrected chi connectivity index (χ0v) is 19.2. The van der Waals surface area contributed by atoms with Crippen LogP contribution in [0.25, 0.3) is 11.5 Å². The summed E-state index contributed by atoms with van der Waals surface area (Å²) >= 11 is 0. The molecule has 2 aromatic carbocycles. The molecule has 6 nitrogen and oxygen atoms in total. The van der Waals surface area contributed by atoms with Gasteiger partial charge in [0.25, 0.3) is 0 Å². The van der Waals surface area contributed by atoms with E-state index in [1.54, 1.807) is 19.9 Å². The molecule has 32 heavy (non-hydrogen) atoms. The van der Waals surface area contributed by atoms with Crippen molar-refractivity contribution in [1.29, 1.82) is 0 Å². The molecule has 0 unspecified atom stereocenters. The van der Waals surface area contributed by atoms with Gasteiger partial charge in [0, 0.05) is 18.1 Å². The Morgan fingerprint density at radius 1 is 1.12 bits per heavy atom. The van der Waals surface area contributed by atoms with Crippen LogP contribution in [0.1, 0.15) is 50.6 Å². The Morgan fingerprint density at radius 3 is 2.56 bits per heavy atom. The van der Waals surface area contributed by atoms with Crippen LogP contribution in [0.3, 0.4) is 0 Å². The Labute approximate surface area is 189 Å². The molecule has 0 saturated carbocycles. The lowest BCUT2D eigenvalue weighted by atomic mass is 10.1. The second-order valence-electron chi connectivity index (χ2n) is 8.28. The third-order valence-electron chi connectivity index (χ3n) is 5.24. The van der Waals surface area contributed by atoms with Gasteiger partial charge in [0.15, 0.2) is 5.60 Å². The van der Waals surface area contributed by atoms with Gasteiger partial charge in [0.05, 0.1) is 12.3 Å². The lowest BCUT2D eigenvalue weighted by molar-refractivity contribution is -0.152. The van der Waals surface area contributed by atoms with Gasteiger partial charge in [-0.1, -0.05) is 37.6 Å². The number of aryl methyl sites for hydroxylation is 2. The Hall–Kier alpha value is -3.28. The summed E-state index contributed by atoms with van der Waals surface area (Å²) < 4.78 is 17.6. The topological polar surface area (TPSA) is 81.8 Å². The number of benzene rings is 2. The van der Waals surface area contributed by atoms with E-state index in [-0.39, 0.29) is 0 Å². The van der Waals surface area contributed by atoms with Gasteiger partial charge in [0.1, 0.15) is 17.3 Å². The Balaban J connectivity index is 1.69. The fraction of sp³-hybridized carbons (Fsp3) is 0.385. The summed E-state index contributed by atoms with van der Waals surface area (Å²) in [6.45, 7) is 7.53. The Kier molecular flexibility index (Phi) is 7.57. The quantitative estimate of drug-likeness (QED) is 0.405. The van der Waals surface area contributed by atoms with Crippen LogP contribution in [0.15, 0.2) is 52.9 Å². The number of aliphatic carboxylic acids is 1. The summed E-state index contributed by atoms with van der Waals surface area (Å²) in [5, 5.41) is 9.44. The van der Waals surface area contributed by atoms with E-state index in [0.29, 0.717) is 30.4 Å². The van der Waals surface area contributed by atoms with E-state index in [2.05, 4.69) is 11.9 Å². The monoisotopic (exact) mass is 437 g/mol. The van der Waals surface area contributed by atoms with Gasteiger partial charge in [0.2, 0.25) is 5.89 Å². The number of ether oxygens (including phenoxy) is 2. The van der Waals surface area contributed by atoms with Crippen molar-refractivity contribution in [3.05, 3.63) is 65.5 Å². The Morgan fingerprint density at radius 2 is 1.88 bits per heavy atom. The molecule has 0 spiro atoms. The smallest absolute Gasteiger partial charge is 0.347 e. The SMILES string of the molecule is CCCCc1ccc(OCCc2nc(-c3ccccc3)oc2C)cc1OC(C)(C)C(=O)O. The predicted molar refractivity (Wildman–Crippen MR) is 123 cm³/mol. The van der Waals surface area contributed by atoms with Gasteiger partial charge in [-0.3, -0.25) is 0 Å². The van der Waals surface area contributed by atoms with Crippen molar-refractivity contribution in [2.45, 2.75) is 59.0 Å². The van der Waals surface area contributed by atoms with Crippen molar-refractivity contribution >= 4 is 5.97 Å². The molecular formula is C26H31NO5. The van der Waals surface area contributed by atoms with Crippen LogP contribution in [0.4, 0.5) is 0 Å². The summed E-state index contributed by atoms with van der Waals surface area (Å²) in [6, 6.07) is 15.4. The van der Waals surface area contributed by atoms with Gasteiger partial charge in [-0.15, -0.1) is 0 Å². The maximum Gasteiger partial charge on any atom is 0.347 e. The fourth-order valence-electron chi connectivity index (χ4n) is 3.24. The summed E-state index contributed by atoms with van der Waals surface area (Å²) in [7, 11) is 0. The average molecular weight is 438 g/mol. The number of hydrogen-bond acceptors (Lipinski definition) is 5. The number of hydrogen-bond donors (Lipinski definition) is 1. The van der Waals surface area contributed by atoms with Crippen LogP contribution in [0.2, 0.25) is 0 Å². The first-order valence-corrected chi connectivity index (χ1v) is 11.0. The predicted octanol–water partition coefficient (Wildman–Crippen LogP) is 5.86. The van der Waals surface area contributed by atoms with Gasteiger partial charge in [-0.05, 0) is 57.4 Å². The highest BCUT2D eigenvalue weighted by molar-refractivity contribution is 5.76. The number of carboxylic acids is 1. The van der Waals surface area contributed by atoms with Crippen molar-refractivity contribution in [1.82, 2.24) is 4.98 Å². The molecule has 0 aliphatic carbocycles. The molecule has 170 valence electrons. The molecule has 0 aliphatic heterocycles. The first kappa shape index (κ1) is 23.4. The lowest BCUT2D eigenvalue weighted by Gasteiger charge is -2.24.